The number of nitrogens with zero attached hydrogens (tertiary/aromatic N) is 2. The van der Waals surface area contributed by atoms with Crippen LogP contribution < -0.4 is 16.0 Å². The topological polar surface area (TPSA) is 152 Å². The van der Waals surface area contributed by atoms with Crippen LogP contribution in [0.3, 0.4) is 0 Å². The van der Waals surface area contributed by atoms with Crippen LogP contribution in [0.4, 0.5) is 15.3 Å². The zero-order valence-corrected chi connectivity index (χ0v) is 27.4. The molecule has 0 spiro atoms. The summed E-state index contributed by atoms with van der Waals surface area (Å²) in [5.74, 6) is -0.453. The summed E-state index contributed by atoms with van der Waals surface area (Å²) in [6.45, 7) is 0.0243. The van der Waals surface area contributed by atoms with Crippen molar-refractivity contribution >= 4 is 35.1 Å². The van der Waals surface area contributed by atoms with E-state index in [0.29, 0.717) is 18.5 Å². The van der Waals surface area contributed by atoms with E-state index in [9.17, 15) is 19.5 Å². The van der Waals surface area contributed by atoms with E-state index in [1.165, 1.54) is 11.3 Å². The number of pyridine rings is 1. The SMILES string of the molecule is O=C(Nc1ccccc1C(=O)N[C@@H](Cc1ccccc1)C[C@H](O)[C@H](Cc1ccccc1)NC(=O)OCc1cncs1)OCc1ccccn1. The number of aliphatic hydroxyl groups is 1. The van der Waals surface area contributed by atoms with Crippen LogP contribution in [0, 0.1) is 0 Å². The summed E-state index contributed by atoms with van der Waals surface area (Å²) < 4.78 is 10.7. The summed E-state index contributed by atoms with van der Waals surface area (Å²) >= 11 is 1.37. The van der Waals surface area contributed by atoms with Gasteiger partial charge in [-0.15, -0.1) is 11.3 Å². The molecule has 49 heavy (non-hydrogen) atoms. The first-order valence-corrected chi connectivity index (χ1v) is 16.6. The molecule has 0 saturated heterocycles. The van der Waals surface area contributed by atoms with Crippen molar-refractivity contribution in [2.45, 2.75) is 50.7 Å². The maximum Gasteiger partial charge on any atom is 0.412 e. The first kappa shape index (κ1) is 34.7. The molecule has 12 heteroatoms. The number of carbonyl (C=O) groups is 3. The third-order valence-electron chi connectivity index (χ3n) is 7.57. The van der Waals surface area contributed by atoms with E-state index in [-0.39, 0.29) is 30.9 Å². The Bertz CT molecular complexity index is 1760. The lowest BCUT2D eigenvalue weighted by Crippen LogP contribution is -2.48. The molecule has 3 aromatic carbocycles. The molecule has 0 bridgehead atoms. The van der Waals surface area contributed by atoms with Crippen LogP contribution in [0.2, 0.25) is 0 Å². The van der Waals surface area contributed by atoms with E-state index in [1.54, 1.807) is 60.4 Å². The van der Waals surface area contributed by atoms with Gasteiger partial charge in [-0.25, -0.2) is 9.59 Å². The minimum absolute atomic E-state index is 0.0327. The van der Waals surface area contributed by atoms with Crippen LogP contribution in [0.1, 0.15) is 38.5 Å². The number of aromatic nitrogens is 2. The molecule has 0 fully saturated rings. The van der Waals surface area contributed by atoms with Gasteiger partial charge in [-0.1, -0.05) is 78.9 Å². The van der Waals surface area contributed by atoms with Crippen molar-refractivity contribution in [1.29, 1.82) is 0 Å². The van der Waals surface area contributed by atoms with Gasteiger partial charge in [0, 0.05) is 18.4 Å². The van der Waals surface area contributed by atoms with Crippen molar-refractivity contribution in [2.24, 2.45) is 0 Å². The van der Waals surface area contributed by atoms with Gasteiger partial charge in [-0.3, -0.25) is 20.1 Å². The predicted molar refractivity (Wildman–Crippen MR) is 186 cm³/mol. The second-order valence-electron chi connectivity index (χ2n) is 11.2. The fraction of sp³-hybridized carbons (Fsp3) is 0.216. The Kier molecular flexibility index (Phi) is 12.8. The molecule has 252 valence electrons. The highest BCUT2D eigenvalue weighted by atomic mass is 32.1. The summed E-state index contributed by atoms with van der Waals surface area (Å²) in [5.41, 5.74) is 4.57. The Hall–Kier alpha value is -5.59. The summed E-state index contributed by atoms with van der Waals surface area (Å²) in [4.78, 5) is 48.2. The molecule has 3 atom stereocenters. The Morgan fingerprint density at radius 2 is 1.43 bits per heavy atom. The number of amides is 3. The number of thiazole rings is 1. The van der Waals surface area contributed by atoms with E-state index in [4.69, 9.17) is 9.47 Å². The molecule has 4 N–H and O–H groups in total. The number of hydrogen-bond donors (Lipinski definition) is 4. The Morgan fingerprint density at radius 3 is 2.12 bits per heavy atom. The van der Waals surface area contributed by atoms with Gasteiger partial charge >= 0.3 is 12.2 Å². The summed E-state index contributed by atoms with van der Waals surface area (Å²) in [6.07, 6.45) is 1.59. The molecular formula is C37H37N5O6S. The average molecular weight is 680 g/mol. The fourth-order valence-electron chi connectivity index (χ4n) is 5.16. The lowest BCUT2D eigenvalue weighted by Gasteiger charge is -2.28. The number of ether oxygens (including phenoxy) is 2. The second-order valence-corrected chi connectivity index (χ2v) is 12.2. The second kappa shape index (κ2) is 18.1. The van der Waals surface area contributed by atoms with Crippen molar-refractivity contribution in [2.75, 3.05) is 5.32 Å². The molecule has 5 rings (SSSR count). The van der Waals surface area contributed by atoms with Crippen molar-refractivity contribution in [3.8, 4) is 0 Å². The predicted octanol–water partition coefficient (Wildman–Crippen LogP) is 5.92. The first-order chi connectivity index (χ1) is 23.9. The Morgan fingerprint density at radius 1 is 0.755 bits per heavy atom. The van der Waals surface area contributed by atoms with Crippen LogP contribution in [-0.4, -0.2) is 51.4 Å². The van der Waals surface area contributed by atoms with Gasteiger partial charge in [-0.05, 0) is 54.7 Å². The number of aliphatic hydroxyl groups excluding tert-OH is 1. The van der Waals surface area contributed by atoms with E-state index in [1.807, 2.05) is 60.7 Å². The van der Waals surface area contributed by atoms with Crippen molar-refractivity contribution in [1.82, 2.24) is 20.6 Å². The van der Waals surface area contributed by atoms with Crippen LogP contribution in [0.5, 0.6) is 0 Å². The quantitative estimate of drug-likeness (QED) is 0.107. The summed E-state index contributed by atoms with van der Waals surface area (Å²) in [7, 11) is 0. The molecule has 2 heterocycles. The minimum Gasteiger partial charge on any atom is -0.444 e. The first-order valence-electron chi connectivity index (χ1n) is 15.7. The smallest absolute Gasteiger partial charge is 0.412 e. The van der Waals surface area contributed by atoms with Gasteiger partial charge in [0.1, 0.15) is 13.2 Å². The summed E-state index contributed by atoms with van der Waals surface area (Å²) in [6, 6.07) is 29.7. The van der Waals surface area contributed by atoms with Crippen LogP contribution >= 0.6 is 11.3 Å². The van der Waals surface area contributed by atoms with E-state index in [0.717, 1.165) is 16.0 Å². The number of rotatable bonds is 15. The van der Waals surface area contributed by atoms with Gasteiger partial charge in [0.25, 0.3) is 5.91 Å². The van der Waals surface area contributed by atoms with Gasteiger partial charge in [0.05, 0.1) is 39.5 Å². The van der Waals surface area contributed by atoms with Crippen molar-refractivity contribution < 1.29 is 29.0 Å². The number of anilines is 1. The highest BCUT2D eigenvalue weighted by Gasteiger charge is 2.27. The van der Waals surface area contributed by atoms with E-state index < -0.39 is 36.3 Å². The van der Waals surface area contributed by atoms with E-state index >= 15 is 0 Å². The fourth-order valence-corrected chi connectivity index (χ4v) is 5.67. The molecule has 0 unspecified atom stereocenters. The molecule has 0 saturated carbocycles. The third kappa shape index (κ3) is 11.3. The van der Waals surface area contributed by atoms with Gasteiger partial charge in [0.15, 0.2) is 0 Å². The lowest BCUT2D eigenvalue weighted by atomic mass is 9.93. The normalized spacial score (nSPS) is 12.6. The lowest BCUT2D eigenvalue weighted by molar-refractivity contribution is 0.0815. The maximum atomic E-state index is 13.8. The monoisotopic (exact) mass is 679 g/mol. The number of hydrogen-bond acceptors (Lipinski definition) is 9. The molecule has 2 aromatic heterocycles. The minimum atomic E-state index is -1.07. The van der Waals surface area contributed by atoms with Gasteiger partial charge in [0.2, 0.25) is 0 Å². The van der Waals surface area contributed by atoms with Crippen molar-refractivity contribution in [3.05, 3.63) is 148 Å². The molecule has 0 radical (unpaired) electrons. The molecule has 0 aliphatic rings. The zero-order chi connectivity index (χ0) is 34.3. The molecule has 11 nitrogen and oxygen atoms in total. The summed E-state index contributed by atoms with van der Waals surface area (Å²) in [5, 5.41) is 20.2. The molecule has 0 aliphatic heterocycles. The number of para-hydroxylation sites is 1. The van der Waals surface area contributed by atoms with Crippen molar-refractivity contribution in [3.63, 3.8) is 0 Å². The van der Waals surface area contributed by atoms with Crippen LogP contribution in [0.25, 0.3) is 0 Å². The molecule has 3 amide bonds. The highest BCUT2D eigenvalue weighted by molar-refractivity contribution is 7.09. The standard InChI is InChI=1S/C37H37N5O6S/c43-34(33(20-27-13-5-2-6-14-27)42-37(46)48-24-30-22-38-25-49-30)21-29(19-26-11-3-1-4-12-26)40-35(44)31-16-7-8-17-32(31)41-36(45)47-23-28-15-9-10-18-39-28/h1-18,22,25,29,33-34,43H,19-21,23-24H2,(H,40,44)(H,41,45)(H,42,46)/t29-,33-,34-/m0/s1. The Balaban J connectivity index is 1.29. The van der Waals surface area contributed by atoms with Gasteiger partial charge < -0.3 is 25.2 Å². The highest BCUT2D eigenvalue weighted by Crippen LogP contribution is 2.19. The molecular weight excluding hydrogens is 643 g/mol. The number of alkyl carbamates (subject to hydrolysis) is 1. The number of benzene rings is 3. The zero-order valence-electron chi connectivity index (χ0n) is 26.6. The molecule has 5 aromatic rings. The largest absolute Gasteiger partial charge is 0.444 e. The molecule has 0 aliphatic carbocycles. The number of carbonyl (C=O) groups excluding carboxylic acids is 3. The maximum absolute atomic E-state index is 13.8. The number of nitrogens with one attached hydrogen (secondary N) is 3. The Labute approximate surface area is 288 Å². The van der Waals surface area contributed by atoms with Crippen LogP contribution in [-0.2, 0) is 35.5 Å². The third-order valence-corrected chi connectivity index (χ3v) is 8.32. The van der Waals surface area contributed by atoms with E-state index in [2.05, 4.69) is 25.9 Å². The van der Waals surface area contributed by atoms with Crippen LogP contribution in [0.15, 0.2) is 121 Å². The average Bonchev–Trinajstić information content (AvgIpc) is 3.65. The van der Waals surface area contributed by atoms with Gasteiger partial charge in [-0.2, -0.15) is 0 Å².